The van der Waals surface area contributed by atoms with Crippen LogP contribution in [-0.4, -0.2) is 11.6 Å². The van der Waals surface area contributed by atoms with Gasteiger partial charge in [0.1, 0.15) is 5.60 Å². The highest BCUT2D eigenvalue weighted by Crippen LogP contribution is 2.13. The molecule has 0 aromatic carbocycles. The molecule has 0 radical (unpaired) electrons. The van der Waals surface area contributed by atoms with Crippen LogP contribution in [0.4, 0.5) is 0 Å². The minimum absolute atomic E-state index is 0.114. The van der Waals surface area contributed by atoms with Gasteiger partial charge in [-0.15, -0.1) is 0 Å². The summed E-state index contributed by atoms with van der Waals surface area (Å²) in [7, 11) is 0. The minimum atomic E-state index is -0.385. The molecule has 2 heteroatoms. The van der Waals surface area contributed by atoms with Crippen LogP contribution >= 0.6 is 0 Å². The number of hydrogen-bond donors (Lipinski definition) is 0. The van der Waals surface area contributed by atoms with E-state index in [1.54, 1.807) is 0 Å². The Hall–Kier alpha value is -1.31. The van der Waals surface area contributed by atoms with Crippen LogP contribution in [0.2, 0.25) is 0 Å². The van der Waals surface area contributed by atoms with Crippen LogP contribution < -0.4 is 0 Å². The van der Waals surface area contributed by atoms with Gasteiger partial charge in [0, 0.05) is 6.42 Å². The summed E-state index contributed by atoms with van der Waals surface area (Å²) in [5.74, 6) is -0.114. The van der Waals surface area contributed by atoms with Crippen LogP contribution in [0.25, 0.3) is 0 Å². The molecule has 0 saturated carbocycles. The Bertz CT molecular complexity index is 441. The SMILES string of the molecule is CC(C)=CCC/C(C)=C/CC/C(C)=C/CCC(=O)OC(C)(C)C. The first-order valence-corrected chi connectivity index (χ1v) is 8.76. The van der Waals surface area contributed by atoms with E-state index in [0.717, 1.165) is 32.1 Å². The molecular weight excluding hydrogens is 284 g/mol. The summed E-state index contributed by atoms with van der Waals surface area (Å²) < 4.78 is 5.30. The molecule has 0 aliphatic carbocycles. The van der Waals surface area contributed by atoms with E-state index in [4.69, 9.17) is 4.74 Å². The lowest BCUT2D eigenvalue weighted by atomic mass is 10.1. The van der Waals surface area contributed by atoms with E-state index in [0.29, 0.717) is 6.42 Å². The molecule has 0 unspecified atom stereocenters. The molecule has 0 fully saturated rings. The highest BCUT2D eigenvalue weighted by Gasteiger charge is 2.15. The summed E-state index contributed by atoms with van der Waals surface area (Å²) in [6.07, 6.45) is 12.4. The highest BCUT2D eigenvalue weighted by molar-refractivity contribution is 5.70. The normalized spacial score (nSPS) is 13.0. The van der Waals surface area contributed by atoms with Gasteiger partial charge in [-0.2, -0.15) is 0 Å². The highest BCUT2D eigenvalue weighted by atomic mass is 16.6. The van der Waals surface area contributed by atoms with Crippen LogP contribution in [0.3, 0.4) is 0 Å². The molecule has 0 bridgehead atoms. The molecule has 0 aliphatic rings. The molecular formula is C21H36O2. The molecule has 132 valence electrons. The average molecular weight is 321 g/mol. The molecule has 0 aromatic heterocycles. The maximum absolute atomic E-state index is 11.6. The quantitative estimate of drug-likeness (QED) is 0.357. The van der Waals surface area contributed by atoms with Crippen LogP contribution in [0.15, 0.2) is 34.9 Å². The molecule has 2 nitrogen and oxygen atoms in total. The fourth-order valence-corrected chi connectivity index (χ4v) is 2.17. The van der Waals surface area contributed by atoms with Crippen molar-refractivity contribution in [3.63, 3.8) is 0 Å². The van der Waals surface area contributed by atoms with Crippen molar-refractivity contribution in [2.75, 3.05) is 0 Å². The summed E-state index contributed by atoms with van der Waals surface area (Å²) >= 11 is 0. The third-order valence-corrected chi connectivity index (χ3v) is 3.38. The second kappa shape index (κ2) is 11.3. The van der Waals surface area contributed by atoms with Crippen molar-refractivity contribution in [3.8, 4) is 0 Å². The summed E-state index contributed by atoms with van der Waals surface area (Å²) in [5, 5.41) is 0. The second-order valence-corrected chi connectivity index (χ2v) is 7.58. The number of carbonyl (C=O) groups is 1. The number of allylic oxidation sites excluding steroid dienone is 6. The smallest absolute Gasteiger partial charge is 0.306 e. The Balaban J connectivity index is 3.98. The van der Waals surface area contributed by atoms with E-state index in [1.165, 1.54) is 16.7 Å². The van der Waals surface area contributed by atoms with E-state index in [1.807, 2.05) is 20.8 Å². The molecule has 0 aromatic rings. The fraction of sp³-hybridized carbons (Fsp3) is 0.667. The lowest BCUT2D eigenvalue weighted by Gasteiger charge is -2.19. The first kappa shape index (κ1) is 21.7. The van der Waals surface area contributed by atoms with Gasteiger partial charge in [0.2, 0.25) is 0 Å². The number of esters is 1. The molecule has 0 heterocycles. The monoisotopic (exact) mass is 320 g/mol. The Morgan fingerprint density at radius 3 is 1.65 bits per heavy atom. The van der Waals surface area contributed by atoms with Crippen molar-refractivity contribution in [1.29, 1.82) is 0 Å². The maximum atomic E-state index is 11.6. The number of ether oxygens (including phenoxy) is 1. The van der Waals surface area contributed by atoms with Crippen molar-refractivity contribution in [2.24, 2.45) is 0 Å². The Morgan fingerprint density at radius 2 is 1.22 bits per heavy atom. The number of rotatable bonds is 9. The lowest BCUT2D eigenvalue weighted by Crippen LogP contribution is -2.23. The number of carbonyl (C=O) groups excluding carboxylic acids is 1. The van der Waals surface area contributed by atoms with Gasteiger partial charge >= 0.3 is 5.97 Å². The fourth-order valence-electron chi connectivity index (χ4n) is 2.17. The van der Waals surface area contributed by atoms with Crippen molar-refractivity contribution in [3.05, 3.63) is 34.9 Å². The van der Waals surface area contributed by atoms with Crippen molar-refractivity contribution in [2.45, 2.75) is 92.6 Å². The largest absolute Gasteiger partial charge is 0.460 e. The van der Waals surface area contributed by atoms with Crippen molar-refractivity contribution in [1.82, 2.24) is 0 Å². The predicted molar refractivity (Wildman–Crippen MR) is 100 cm³/mol. The van der Waals surface area contributed by atoms with E-state index in [2.05, 4.69) is 45.9 Å². The standard InChI is InChI=1S/C21H36O2/c1-17(2)11-8-12-18(3)13-9-14-19(4)15-10-16-20(22)23-21(5,6)7/h11,13,15H,8-10,12,14,16H2,1-7H3/b18-13+,19-15+. The van der Waals surface area contributed by atoms with Crippen molar-refractivity contribution < 1.29 is 9.53 Å². The van der Waals surface area contributed by atoms with Crippen LogP contribution in [0.5, 0.6) is 0 Å². The Labute approximate surface area is 143 Å². The summed E-state index contributed by atoms with van der Waals surface area (Å²) in [4.78, 5) is 11.6. The van der Waals surface area contributed by atoms with Gasteiger partial charge in [0.25, 0.3) is 0 Å². The maximum Gasteiger partial charge on any atom is 0.306 e. The van der Waals surface area contributed by atoms with E-state index in [9.17, 15) is 4.79 Å². The average Bonchev–Trinajstić information content (AvgIpc) is 2.35. The molecule has 23 heavy (non-hydrogen) atoms. The third kappa shape index (κ3) is 15.4. The predicted octanol–water partition coefficient (Wildman–Crippen LogP) is 6.53. The van der Waals surface area contributed by atoms with Gasteiger partial charge in [-0.1, -0.05) is 34.9 Å². The Morgan fingerprint density at radius 1 is 0.783 bits per heavy atom. The first-order chi connectivity index (χ1) is 10.6. The molecule has 0 atom stereocenters. The van der Waals surface area contributed by atoms with Gasteiger partial charge in [0.15, 0.2) is 0 Å². The van der Waals surface area contributed by atoms with Crippen LogP contribution in [-0.2, 0) is 9.53 Å². The zero-order chi connectivity index (χ0) is 17.9. The molecule has 0 spiro atoms. The first-order valence-electron chi connectivity index (χ1n) is 8.76. The zero-order valence-corrected chi connectivity index (χ0v) is 16.3. The molecule has 0 rings (SSSR count). The van der Waals surface area contributed by atoms with E-state index in [-0.39, 0.29) is 11.6 Å². The van der Waals surface area contributed by atoms with E-state index < -0.39 is 0 Å². The van der Waals surface area contributed by atoms with E-state index >= 15 is 0 Å². The zero-order valence-electron chi connectivity index (χ0n) is 16.3. The second-order valence-electron chi connectivity index (χ2n) is 7.58. The summed E-state index contributed by atoms with van der Waals surface area (Å²) in [5.41, 5.74) is 3.82. The van der Waals surface area contributed by atoms with Crippen molar-refractivity contribution >= 4 is 5.97 Å². The van der Waals surface area contributed by atoms with Gasteiger partial charge in [-0.25, -0.2) is 0 Å². The number of hydrogen-bond acceptors (Lipinski definition) is 2. The third-order valence-electron chi connectivity index (χ3n) is 3.38. The molecule has 0 aliphatic heterocycles. The summed E-state index contributed by atoms with van der Waals surface area (Å²) in [6.45, 7) is 14.3. The topological polar surface area (TPSA) is 26.3 Å². The van der Waals surface area contributed by atoms with Gasteiger partial charge in [-0.05, 0) is 80.6 Å². The molecule has 0 N–H and O–H groups in total. The lowest BCUT2D eigenvalue weighted by molar-refractivity contribution is -0.154. The summed E-state index contributed by atoms with van der Waals surface area (Å²) in [6, 6.07) is 0. The molecule has 0 saturated heterocycles. The Kier molecular flexibility index (Phi) is 10.6. The minimum Gasteiger partial charge on any atom is -0.460 e. The van der Waals surface area contributed by atoms with Gasteiger partial charge < -0.3 is 4.74 Å². The van der Waals surface area contributed by atoms with Crippen LogP contribution in [0.1, 0.15) is 87.0 Å². The van der Waals surface area contributed by atoms with Gasteiger partial charge in [-0.3, -0.25) is 4.79 Å². The molecule has 0 amide bonds. The van der Waals surface area contributed by atoms with Crippen LogP contribution in [0, 0.1) is 0 Å². The van der Waals surface area contributed by atoms with Gasteiger partial charge in [0.05, 0.1) is 0 Å².